The van der Waals surface area contributed by atoms with Crippen LogP contribution in [0.2, 0.25) is 0 Å². The van der Waals surface area contributed by atoms with Crippen LogP contribution in [0, 0.1) is 11.3 Å². The number of H-pyrrole nitrogens is 1. The third-order valence-electron chi connectivity index (χ3n) is 2.85. The highest BCUT2D eigenvalue weighted by molar-refractivity contribution is 5.27. The molecule has 1 fully saturated rings. The van der Waals surface area contributed by atoms with E-state index in [0.29, 0.717) is 5.92 Å². The summed E-state index contributed by atoms with van der Waals surface area (Å²) < 4.78 is 0. The number of aromatic nitrogens is 1. The number of pyridine rings is 1. The molecule has 2 rings (SSSR count). The van der Waals surface area contributed by atoms with Crippen molar-refractivity contribution in [3.63, 3.8) is 0 Å². The van der Waals surface area contributed by atoms with Gasteiger partial charge in [-0.3, -0.25) is 4.79 Å². The molecular formula is C11H12N2O. The SMILES string of the molecule is N#Cc1ccc(C2CCCC2)[nH]c1=O. The van der Waals surface area contributed by atoms with E-state index in [-0.39, 0.29) is 11.1 Å². The molecule has 1 aromatic rings. The highest BCUT2D eigenvalue weighted by Gasteiger charge is 2.17. The van der Waals surface area contributed by atoms with Crippen LogP contribution >= 0.6 is 0 Å². The Hall–Kier alpha value is -1.56. The first-order valence-corrected chi connectivity index (χ1v) is 4.94. The quantitative estimate of drug-likeness (QED) is 0.731. The summed E-state index contributed by atoms with van der Waals surface area (Å²) in [6.45, 7) is 0. The third-order valence-corrected chi connectivity index (χ3v) is 2.85. The topological polar surface area (TPSA) is 56.6 Å². The summed E-state index contributed by atoms with van der Waals surface area (Å²) in [5.41, 5.74) is 0.940. The van der Waals surface area contributed by atoms with Crippen LogP contribution in [0.25, 0.3) is 0 Å². The molecule has 72 valence electrons. The predicted octanol–water partition coefficient (Wildman–Crippen LogP) is 1.90. The Kier molecular flexibility index (Phi) is 2.36. The van der Waals surface area contributed by atoms with Crippen molar-refractivity contribution in [2.45, 2.75) is 31.6 Å². The summed E-state index contributed by atoms with van der Waals surface area (Å²) in [5, 5.41) is 8.60. The molecule has 1 heterocycles. The van der Waals surface area contributed by atoms with Gasteiger partial charge in [0, 0.05) is 5.69 Å². The van der Waals surface area contributed by atoms with Gasteiger partial charge < -0.3 is 4.98 Å². The molecule has 1 aliphatic rings. The second-order valence-corrected chi connectivity index (χ2v) is 3.75. The first-order chi connectivity index (χ1) is 6.81. The lowest BCUT2D eigenvalue weighted by Gasteiger charge is -2.07. The van der Waals surface area contributed by atoms with Gasteiger partial charge in [0.25, 0.3) is 5.56 Å². The van der Waals surface area contributed by atoms with E-state index in [1.165, 1.54) is 12.8 Å². The molecule has 0 aliphatic heterocycles. The van der Waals surface area contributed by atoms with Gasteiger partial charge in [-0.2, -0.15) is 5.26 Å². The summed E-state index contributed by atoms with van der Waals surface area (Å²) in [6, 6.07) is 5.36. The van der Waals surface area contributed by atoms with Gasteiger partial charge >= 0.3 is 0 Å². The summed E-state index contributed by atoms with van der Waals surface area (Å²) in [6.07, 6.45) is 4.79. The smallest absolute Gasteiger partial charge is 0.266 e. The van der Waals surface area contributed by atoms with Gasteiger partial charge in [-0.15, -0.1) is 0 Å². The molecule has 3 nitrogen and oxygen atoms in total. The van der Waals surface area contributed by atoms with Crippen LogP contribution in [-0.4, -0.2) is 4.98 Å². The number of nitriles is 1. The van der Waals surface area contributed by atoms with Crippen LogP contribution in [0.4, 0.5) is 0 Å². The first-order valence-electron chi connectivity index (χ1n) is 4.94. The predicted molar refractivity (Wildman–Crippen MR) is 53.0 cm³/mol. The fourth-order valence-electron chi connectivity index (χ4n) is 2.05. The molecule has 14 heavy (non-hydrogen) atoms. The van der Waals surface area contributed by atoms with Gasteiger partial charge in [0.05, 0.1) is 0 Å². The maximum absolute atomic E-state index is 11.3. The van der Waals surface area contributed by atoms with E-state index in [0.717, 1.165) is 18.5 Å². The molecule has 0 radical (unpaired) electrons. The van der Waals surface area contributed by atoms with Crippen molar-refractivity contribution in [3.8, 4) is 6.07 Å². The monoisotopic (exact) mass is 188 g/mol. The molecule has 0 bridgehead atoms. The van der Waals surface area contributed by atoms with E-state index in [4.69, 9.17) is 5.26 Å². The van der Waals surface area contributed by atoms with Crippen molar-refractivity contribution in [1.29, 1.82) is 5.26 Å². The molecule has 0 aromatic carbocycles. The lowest BCUT2D eigenvalue weighted by Crippen LogP contribution is -2.13. The van der Waals surface area contributed by atoms with Crippen molar-refractivity contribution in [3.05, 3.63) is 33.7 Å². The van der Waals surface area contributed by atoms with Crippen LogP contribution in [0.1, 0.15) is 42.9 Å². The Morgan fingerprint density at radius 1 is 1.36 bits per heavy atom. The molecule has 0 saturated heterocycles. The minimum absolute atomic E-state index is 0.201. The van der Waals surface area contributed by atoms with E-state index < -0.39 is 0 Å². The maximum Gasteiger partial charge on any atom is 0.266 e. The highest BCUT2D eigenvalue weighted by atomic mass is 16.1. The normalized spacial score (nSPS) is 16.8. The van der Waals surface area contributed by atoms with E-state index in [9.17, 15) is 4.79 Å². The molecule has 1 saturated carbocycles. The van der Waals surface area contributed by atoms with Gasteiger partial charge in [-0.1, -0.05) is 12.8 Å². The number of hydrogen-bond acceptors (Lipinski definition) is 2. The Balaban J connectivity index is 2.33. The van der Waals surface area contributed by atoms with Crippen LogP contribution < -0.4 is 5.56 Å². The maximum atomic E-state index is 11.3. The molecule has 3 heteroatoms. The zero-order valence-electron chi connectivity index (χ0n) is 7.92. The Bertz CT molecular complexity index is 422. The zero-order valence-corrected chi connectivity index (χ0v) is 7.92. The summed E-state index contributed by atoms with van der Waals surface area (Å²) >= 11 is 0. The van der Waals surface area contributed by atoms with Crippen LogP contribution in [0.15, 0.2) is 16.9 Å². The molecule has 1 aliphatic carbocycles. The molecule has 0 unspecified atom stereocenters. The minimum Gasteiger partial charge on any atom is -0.325 e. The number of nitrogens with zero attached hydrogens (tertiary/aromatic N) is 1. The lowest BCUT2D eigenvalue weighted by molar-refractivity contribution is 0.694. The average Bonchev–Trinajstić information content (AvgIpc) is 2.70. The minimum atomic E-state index is -0.253. The van der Waals surface area contributed by atoms with E-state index in [2.05, 4.69) is 4.98 Å². The number of hydrogen-bond donors (Lipinski definition) is 1. The zero-order chi connectivity index (χ0) is 9.97. The van der Waals surface area contributed by atoms with E-state index in [1.54, 1.807) is 6.07 Å². The van der Waals surface area contributed by atoms with E-state index >= 15 is 0 Å². The number of aromatic amines is 1. The molecule has 0 spiro atoms. The Morgan fingerprint density at radius 3 is 2.64 bits per heavy atom. The Labute approximate surface area is 82.4 Å². The van der Waals surface area contributed by atoms with Gasteiger partial charge in [0.15, 0.2) is 0 Å². The number of rotatable bonds is 1. The van der Waals surface area contributed by atoms with Crippen molar-refractivity contribution >= 4 is 0 Å². The van der Waals surface area contributed by atoms with Gasteiger partial charge in [0.1, 0.15) is 11.6 Å². The molecule has 1 N–H and O–H groups in total. The third kappa shape index (κ3) is 1.56. The summed E-state index contributed by atoms with van der Waals surface area (Å²) in [4.78, 5) is 14.1. The fraction of sp³-hybridized carbons (Fsp3) is 0.455. The van der Waals surface area contributed by atoms with Gasteiger partial charge in [-0.05, 0) is 30.9 Å². The molecule has 0 amide bonds. The van der Waals surface area contributed by atoms with Gasteiger partial charge in [0.2, 0.25) is 0 Å². The van der Waals surface area contributed by atoms with Crippen molar-refractivity contribution in [1.82, 2.24) is 4.98 Å². The highest BCUT2D eigenvalue weighted by Crippen LogP contribution is 2.32. The fourth-order valence-corrected chi connectivity index (χ4v) is 2.05. The first kappa shape index (κ1) is 9.01. The summed E-state index contributed by atoms with van der Waals surface area (Å²) in [7, 11) is 0. The van der Waals surface area contributed by atoms with Crippen LogP contribution in [-0.2, 0) is 0 Å². The van der Waals surface area contributed by atoms with Crippen molar-refractivity contribution in [2.24, 2.45) is 0 Å². The Morgan fingerprint density at radius 2 is 2.07 bits per heavy atom. The van der Waals surface area contributed by atoms with Crippen molar-refractivity contribution in [2.75, 3.05) is 0 Å². The molecular weight excluding hydrogens is 176 g/mol. The van der Waals surface area contributed by atoms with Crippen LogP contribution in [0.3, 0.4) is 0 Å². The van der Waals surface area contributed by atoms with Crippen molar-refractivity contribution < 1.29 is 0 Å². The standard InChI is InChI=1S/C11H12N2O/c12-7-9-5-6-10(13-11(9)14)8-3-1-2-4-8/h5-6,8H,1-4H2,(H,13,14). The summed E-state index contributed by atoms with van der Waals surface area (Å²) in [5.74, 6) is 0.496. The van der Waals surface area contributed by atoms with E-state index in [1.807, 2.05) is 12.1 Å². The largest absolute Gasteiger partial charge is 0.325 e. The van der Waals surface area contributed by atoms with Crippen LogP contribution in [0.5, 0.6) is 0 Å². The second kappa shape index (κ2) is 3.67. The lowest BCUT2D eigenvalue weighted by atomic mass is 10.0. The second-order valence-electron chi connectivity index (χ2n) is 3.75. The average molecular weight is 188 g/mol. The molecule has 1 aromatic heterocycles. The molecule has 0 atom stereocenters. The van der Waals surface area contributed by atoms with Gasteiger partial charge in [-0.25, -0.2) is 0 Å². The number of nitrogens with one attached hydrogen (secondary N) is 1.